The first kappa shape index (κ1) is 12.6. The number of nitrogens with zero attached hydrogens (tertiary/aromatic N) is 3. The van der Waals surface area contributed by atoms with Crippen molar-refractivity contribution in [1.82, 2.24) is 15.0 Å². The van der Waals surface area contributed by atoms with Crippen LogP contribution in [0.5, 0.6) is 0 Å². The minimum absolute atomic E-state index is 0.511. The van der Waals surface area contributed by atoms with Crippen molar-refractivity contribution < 1.29 is 9.90 Å². The zero-order valence-corrected chi connectivity index (χ0v) is 10.7. The molecule has 0 bridgehead atoms. The Morgan fingerprint density at radius 3 is 2.50 bits per heavy atom. The third kappa shape index (κ3) is 2.09. The highest BCUT2D eigenvalue weighted by atomic mass is 35.5. The molecule has 0 amide bonds. The molecule has 0 atom stereocenters. The van der Waals surface area contributed by atoms with Crippen LogP contribution in [0, 0.1) is 0 Å². The molecule has 0 aliphatic carbocycles. The summed E-state index contributed by atoms with van der Waals surface area (Å²) in [7, 11) is 0. The molecule has 0 saturated heterocycles. The first-order valence-corrected chi connectivity index (χ1v) is 5.71. The fourth-order valence-electron chi connectivity index (χ4n) is 1.54. The van der Waals surface area contributed by atoms with Gasteiger partial charge in [-0.2, -0.15) is 0 Å². The maximum Gasteiger partial charge on any atom is 0.315 e. The molecule has 1 aromatic carbocycles. The van der Waals surface area contributed by atoms with Crippen molar-refractivity contribution in [2.24, 2.45) is 0 Å². The molecule has 1 heterocycles. The van der Waals surface area contributed by atoms with Gasteiger partial charge in [-0.1, -0.05) is 16.8 Å². The van der Waals surface area contributed by atoms with Gasteiger partial charge in [0.15, 0.2) is 0 Å². The Morgan fingerprint density at radius 2 is 1.94 bits per heavy atom. The number of carbonyl (C=O) groups is 1. The fraction of sp³-hybridized carbons (Fsp3) is 0.250. The predicted molar refractivity (Wildman–Crippen MR) is 67.0 cm³/mol. The van der Waals surface area contributed by atoms with E-state index in [1.54, 1.807) is 38.1 Å². The van der Waals surface area contributed by atoms with Gasteiger partial charge in [-0.25, -0.2) is 4.68 Å². The van der Waals surface area contributed by atoms with E-state index in [1.807, 2.05) is 0 Å². The zero-order chi connectivity index (χ0) is 13.3. The van der Waals surface area contributed by atoms with E-state index in [2.05, 4.69) is 10.3 Å². The number of benzene rings is 1. The van der Waals surface area contributed by atoms with Crippen molar-refractivity contribution in [3.05, 3.63) is 41.2 Å². The van der Waals surface area contributed by atoms with E-state index in [9.17, 15) is 9.90 Å². The first-order valence-electron chi connectivity index (χ1n) is 5.33. The number of rotatable bonds is 3. The quantitative estimate of drug-likeness (QED) is 0.924. The monoisotopic (exact) mass is 265 g/mol. The van der Waals surface area contributed by atoms with E-state index in [1.165, 1.54) is 10.9 Å². The first-order chi connectivity index (χ1) is 8.43. The van der Waals surface area contributed by atoms with Crippen LogP contribution in [0.1, 0.15) is 19.5 Å². The molecule has 5 nitrogen and oxygen atoms in total. The van der Waals surface area contributed by atoms with Crippen molar-refractivity contribution in [2.75, 3.05) is 0 Å². The van der Waals surface area contributed by atoms with E-state index in [0.717, 1.165) is 5.69 Å². The molecule has 0 radical (unpaired) electrons. The highest BCUT2D eigenvalue weighted by Crippen LogP contribution is 2.25. The summed E-state index contributed by atoms with van der Waals surface area (Å²) in [5.74, 6) is -0.931. The summed E-state index contributed by atoms with van der Waals surface area (Å²) in [6.07, 6.45) is 1.46. The van der Waals surface area contributed by atoms with Crippen molar-refractivity contribution in [2.45, 2.75) is 19.3 Å². The lowest BCUT2D eigenvalue weighted by molar-refractivity contribution is -0.142. The van der Waals surface area contributed by atoms with Gasteiger partial charge in [0.25, 0.3) is 0 Å². The topological polar surface area (TPSA) is 68.0 Å². The molecule has 0 spiro atoms. The molecule has 94 valence electrons. The molecular weight excluding hydrogens is 254 g/mol. The molecule has 0 aliphatic rings. The Labute approximate surface area is 109 Å². The van der Waals surface area contributed by atoms with Crippen molar-refractivity contribution in [3.63, 3.8) is 0 Å². The van der Waals surface area contributed by atoms with Gasteiger partial charge in [0.1, 0.15) is 5.41 Å². The lowest BCUT2D eigenvalue weighted by atomic mass is 9.90. The molecule has 2 rings (SSSR count). The average molecular weight is 266 g/mol. The van der Waals surface area contributed by atoms with Gasteiger partial charge >= 0.3 is 5.97 Å². The number of carboxylic acid groups (broad SMARTS) is 1. The zero-order valence-electron chi connectivity index (χ0n) is 9.96. The number of hydrogen-bond donors (Lipinski definition) is 1. The van der Waals surface area contributed by atoms with Crippen molar-refractivity contribution in [3.8, 4) is 5.69 Å². The second-order valence-electron chi connectivity index (χ2n) is 4.44. The molecular formula is C12H12ClN3O2. The Hall–Kier alpha value is -1.88. The van der Waals surface area contributed by atoms with E-state index in [0.29, 0.717) is 10.7 Å². The highest BCUT2D eigenvalue weighted by Gasteiger charge is 2.33. The second-order valence-corrected chi connectivity index (χ2v) is 4.87. The number of aliphatic carboxylic acids is 1. The lowest BCUT2D eigenvalue weighted by Gasteiger charge is -2.19. The maximum atomic E-state index is 11.3. The minimum Gasteiger partial charge on any atom is -0.481 e. The summed E-state index contributed by atoms with van der Waals surface area (Å²) in [6.45, 7) is 3.22. The van der Waals surface area contributed by atoms with Gasteiger partial charge in [0.2, 0.25) is 0 Å². The van der Waals surface area contributed by atoms with E-state index >= 15 is 0 Å². The molecule has 1 aromatic heterocycles. The molecule has 0 saturated carbocycles. The van der Waals surface area contributed by atoms with Crippen LogP contribution in [0.15, 0.2) is 30.5 Å². The summed E-state index contributed by atoms with van der Waals surface area (Å²) in [5, 5.41) is 17.6. The Bertz CT molecular complexity index is 575. The van der Waals surface area contributed by atoms with Gasteiger partial charge in [-0.3, -0.25) is 4.79 Å². The Morgan fingerprint density at radius 1 is 1.33 bits per heavy atom. The van der Waals surface area contributed by atoms with Crippen molar-refractivity contribution in [1.29, 1.82) is 0 Å². The maximum absolute atomic E-state index is 11.3. The average Bonchev–Trinajstić information content (AvgIpc) is 2.79. The smallest absolute Gasteiger partial charge is 0.315 e. The van der Waals surface area contributed by atoms with Gasteiger partial charge in [-0.15, -0.1) is 5.10 Å². The third-order valence-corrected chi connectivity index (χ3v) is 3.05. The molecule has 1 N–H and O–H groups in total. The lowest BCUT2D eigenvalue weighted by Crippen LogP contribution is -2.31. The minimum atomic E-state index is -1.07. The van der Waals surface area contributed by atoms with E-state index < -0.39 is 11.4 Å². The van der Waals surface area contributed by atoms with Gasteiger partial charge in [0, 0.05) is 5.02 Å². The molecule has 0 aliphatic heterocycles. The van der Waals surface area contributed by atoms with Crippen LogP contribution in [0.3, 0.4) is 0 Å². The standard InChI is InChI=1S/C12H12ClN3O2/c1-12(2,11(17)18)10-7-14-15-16(10)9-5-3-8(13)4-6-9/h3-7H,1-2H3,(H,17,18). The summed E-state index contributed by atoms with van der Waals surface area (Å²) in [5.41, 5.74) is 0.168. The van der Waals surface area contributed by atoms with Crippen LogP contribution >= 0.6 is 11.6 Å². The number of halogens is 1. The van der Waals surface area contributed by atoms with E-state index in [-0.39, 0.29) is 0 Å². The molecule has 2 aromatic rings. The van der Waals surface area contributed by atoms with Crippen LogP contribution in [0.4, 0.5) is 0 Å². The summed E-state index contributed by atoms with van der Waals surface area (Å²) >= 11 is 5.81. The molecule has 0 unspecified atom stereocenters. The highest BCUT2D eigenvalue weighted by molar-refractivity contribution is 6.30. The van der Waals surface area contributed by atoms with Crippen LogP contribution in [-0.2, 0) is 10.2 Å². The van der Waals surface area contributed by atoms with Gasteiger partial charge in [0.05, 0.1) is 17.6 Å². The summed E-state index contributed by atoms with van der Waals surface area (Å²) < 4.78 is 1.50. The van der Waals surface area contributed by atoms with Crippen LogP contribution in [0.2, 0.25) is 5.02 Å². The second kappa shape index (κ2) is 4.42. The summed E-state index contributed by atoms with van der Waals surface area (Å²) in [4.78, 5) is 11.3. The van der Waals surface area contributed by atoms with Crippen LogP contribution in [-0.4, -0.2) is 26.1 Å². The van der Waals surface area contributed by atoms with Crippen LogP contribution in [0.25, 0.3) is 5.69 Å². The third-order valence-electron chi connectivity index (χ3n) is 2.80. The van der Waals surface area contributed by atoms with E-state index in [4.69, 9.17) is 11.6 Å². The van der Waals surface area contributed by atoms with Crippen LogP contribution < -0.4 is 0 Å². The fourth-order valence-corrected chi connectivity index (χ4v) is 1.67. The number of hydrogen-bond acceptors (Lipinski definition) is 3. The molecule has 6 heteroatoms. The number of aromatic nitrogens is 3. The Kier molecular flexibility index (Phi) is 3.09. The summed E-state index contributed by atoms with van der Waals surface area (Å²) in [6, 6.07) is 6.96. The molecule has 18 heavy (non-hydrogen) atoms. The SMILES string of the molecule is CC(C)(C(=O)O)c1cnnn1-c1ccc(Cl)cc1. The molecule has 0 fully saturated rings. The van der Waals surface area contributed by atoms with Gasteiger partial charge in [-0.05, 0) is 38.1 Å². The normalized spacial score (nSPS) is 11.5. The number of carboxylic acids is 1. The van der Waals surface area contributed by atoms with Gasteiger partial charge < -0.3 is 5.11 Å². The predicted octanol–water partition coefficient (Wildman–Crippen LogP) is 2.28. The largest absolute Gasteiger partial charge is 0.481 e. The van der Waals surface area contributed by atoms with Crippen molar-refractivity contribution >= 4 is 17.6 Å². The Balaban J connectivity index is 2.52.